The largest absolute Gasteiger partial charge is 0.377 e. The van der Waals surface area contributed by atoms with E-state index in [9.17, 15) is 4.39 Å². The second-order valence-electron chi connectivity index (χ2n) is 4.47. The predicted octanol–water partition coefficient (Wildman–Crippen LogP) is 5.18. The molecule has 0 aliphatic rings. The summed E-state index contributed by atoms with van der Waals surface area (Å²) >= 11 is 18.3. The van der Waals surface area contributed by atoms with E-state index in [1.807, 2.05) is 18.5 Å². The zero-order valence-electron chi connectivity index (χ0n) is 11.7. The van der Waals surface area contributed by atoms with Crippen LogP contribution in [0.15, 0.2) is 12.1 Å². The number of hydrogen-bond donors (Lipinski definition) is 1. The third-order valence-electron chi connectivity index (χ3n) is 3.13. The second-order valence-corrected chi connectivity index (χ2v) is 5.67. The van der Waals surface area contributed by atoms with E-state index < -0.39 is 5.82 Å². The van der Waals surface area contributed by atoms with E-state index >= 15 is 0 Å². The standard InChI is InChI=1S/C14H15Cl3FN3/c1-3-11-13(17)12(21(4-2)20-11)7-19-14-9(15)5-8(18)6-10(14)16/h5-6,19H,3-4,7H2,1-2H3. The number of benzene rings is 1. The minimum Gasteiger partial charge on any atom is -0.377 e. The van der Waals surface area contributed by atoms with Crippen LogP contribution in [0.2, 0.25) is 15.1 Å². The smallest absolute Gasteiger partial charge is 0.126 e. The summed E-state index contributed by atoms with van der Waals surface area (Å²) in [6, 6.07) is 2.43. The number of anilines is 1. The number of aryl methyl sites for hydroxylation is 2. The van der Waals surface area contributed by atoms with Gasteiger partial charge >= 0.3 is 0 Å². The highest BCUT2D eigenvalue weighted by Gasteiger charge is 2.15. The van der Waals surface area contributed by atoms with E-state index in [-0.39, 0.29) is 10.0 Å². The van der Waals surface area contributed by atoms with Gasteiger partial charge in [0.2, 0.25) is 0 Å². The van der Waals surface area contributed by atoms with Gasteiger partial charge in [-0.15, -0.1) is 0 Å². The molecule has 0 spiro atoms. The SMILES string of the molecule is CCc1nn(CC)c(CNc2c(Cl)cc(F)cc2Cl)c1Cl. The summed E-state index contributed by atoms with van der Waals surface area (Å²) in [4.78, 5) is 0. The van der Waals surface area contributed by atoms with Crippen LogP contribution in [-0.2, 0) is 19.5 Å². The molecule has 1 N–H and O–H groups in total. The molecule has 0 radical (unpaired) electrons. The van der Waals surface area contributed by atoms with E-state index in [1.165, 1.54) is 12.1 Å². The number of rotatable bonds is 5. The van der Waals surface area contributed by atoms with Gasteiger partial charge in [0.05, 0.1) is 38.7 Å². The highest BCUT2D eigenvalue weighted by molar-refractivity contribution is 6.39. The van der Waals surface area contributed by atoms with Crippen molar-refractivity contribution in [3.05, 3.63) is 44.4 Å². The summed E-state index contributed by atoms with van der Waals surface area (Å²) in [6.07, 6.45) is 0.761. The fraction of sp³-hybridized carbons (Fsp3) is 0.357. The molecule has 0 bridgehead atoms. The first kappa shape index (κ1) is 16.4. The van der Waals surface area contributed by atoms with Gasteiger partial charge in [-0.25, -0.2) is 4.39 Å². The fourth-order valence-corrected chi connectivity index (χ4v) is 3.00. The Morgan fingerprint density at radius 1 is 1.19 bits per heavy atom. The van der Waals surface area contributed by atoms with E-state index in [2.05, 4.69) is 10.4 Å². The Kier molecular flexibility index (Phi) is 5.36. The zero-order valence-corrected chi connectivity index (χ0v) is 14.0. The lowest BCUT2D eigenvalue weighted by molar-refractivity contribution is 0.619. The fourth-order valence-electron chi connectivity index (χ4n) is 2.07. The molecule has 7 heteroatoms. The topological polar surface area (TPSA) is 29.9 Å². The predicted molar refractivity (Wildman–Crippen MR) is 86.0 cm³/mol. The molecule has 1 aromatic heterocycles. The quantitative estimate of drug-likeness (QED) is 0.805. The zero-order chi connectivity index (χ0) is 15.6. The summed E-state index contributed by atoms with van der Waals surface area (Å²) in [5.74, 6) is -0.472. The Morgan fingerprint density at radius 3 is 2.33 bits per heavy atom. The maximum Gasteiger partial charge on any atom is 0.126 e. The molecule has 0 unspecified atom stereocenters. The molecule has 0 aliphatic carbocycles. The lowest BCUT2D eigenvalue weighted by Crippen LogP contribution is -2.09. The van der Waals surface area contributed by atoms with E-state index in [1.54, 1.807) is 0 Å². The molecule has 1 aromatic carbocycles. The summed E-state index contributed by atoms with van der Waals surface area (Å²) in [5, 5.41) is 8.64. The number of aromatic nitrogens is 2. The maximum absolute atomic E-state index is 13.2. The normalized spacial score (nSPS) is 11.0. The number of nitrogens with zero attached hydrogens (tertiary/aromatic N) is 2. The van der Waals surface area contributed by atoms with Gasteiger partial charge in [0.15, 0.2) is 0 Å². The summed E-state index contributed by atoms with van der Waals surface area (Å²) in [5.41, 5.74) is 2.19. The average Bonchev–Trinajstić information content (AvgIpc) is 2.73. The lowest BCUT2D eigenvalue weighted by atomic mass is 10.2. The molecule has 114 valence electrons. The van der Waals surface area contributed by atoms with Gasteiger partial charge in [-0.05, 0) is 25.5 Å². The van der Waals surface area contributed by atoms with Gasteiger partial charge in [0, 0.05) is 6.54 Å². The van der Waals surface area contributed by atoms with Crippen LogP contribution in [0, 0.1) is 5.82 Å². The third kappa shape index (κ3) is 3.44. The average molecular weight is 351 g/mol. The van der Waals surface area contributed by atoms with Gasteiger partial charge in [0.1, 0.15) is 5.82 Å². The van der Waals surface area contributed by atoms with Gasteiger partial charge < -0.3 is 5.32 Å². The minimum absolute atomic E-state index is 0.231. The summed E-state index contributed by atoms with van der Waals surface area (Å²) < 4.78 is 15.0. The van der Waals surface area contributed by atoms with E-state index in [4.69, 9.17) is 34.8 Å². The van der Waals surface area contributed by atoms with Crippen LogP contribution in [0.5, 0.6) is 0 Å². The van der Waals surface area contributed by atoms with Gasteiger partial charge in [-0.2, -0.15) is 5.10 Å². The van der Waals surface area contributed by atoms with Crippen LogP contribution in [0.4, 0.5) is 10.1 Å². The minimum atomic E-state index is -0.472. The number of halogens is 4. The molecule has 0 saturated carbocycles. The lowest BCUT2D eigenvalue weighted by Gasteiger charge is -2.12. The Morgan fingerprint density at radius 2 is 1.81 bits per heavy atom. The van der Waals surface area contributed by atoms with Crippen molar-refractivity contribution in [2.24, 2.45) is 0 Å². The molecular formula is C14H15Cl3FN3. The third-order valence-corrected chi connectivity index (χ3v) is 4.17. The van der Waals surface area contributed by atoms with E-state index in [0.717, 1.165) is 17.8 Å². The first-order valence-electron chi connectivity index (χ1n) is 6.60. The van der Waals surface area contributed by atoms with Crippen molar-refractivity contribution in [3.8, 4) is 0 Å². The number of hydrogen-bond acceptors (Lipinski definition) is 2. The monoisotopic (exact) mass is 349 g/mol. The molecule has 0 atom stereocenters. The van der Waals surface area contributed by atoms with Crippen LogP contribution in [0.1, 0.15) is 25.2 Å². The van der Waals surface area contributed by atoms with Crippen molar-refractivity contribution >= 4 is 40.5 Å². The van der Waals surface area contributed by atoms with Crippen molar-refractivity contribution in [3.63, 3.8) is 0 Å². The van der Waals surface area contributed by atoms with E-state index in [0.29, 0.717) is 23.8 Å². The number of nitrogens with one attached hydrogen (secondary N) is 1. The van der Waals surface area contributed by atoms with Crippen LogP contribution < -0.4 is 5.32 Å². The highest BCUT2D eigenvalue weighted by Crippen LogP contribution is 2.32. The van der Waals surface area contributed by atoms with Crippen molar-refractivity contribution in [2.75, 3.05) is 5.32 Å². The molecule has 21 heavy (non-hydrogen) atoms. The Hall–Kier alpha value is -0.970. The van der Waals surface area contributed by atoms with Crippen molar-refractivity contribution < 1.29 is 4.39 Å². The van der Waals surface area contributed by atoms with Crippen LogP contribution in [0.3, 0.4) is 0 Å². The van der Waals surface area contributed by atoms with Crippen molar-refractivity contribution in [2.45, 2.75) is 33.4 Å². The van der Waals surface area contributed by atoms with Crippen LogP contribution in [-0.4, -0.2) is 9.78 Å². The molecule has 0 amide bonds. The Balaban J connectivity index is 2.26. The molecule has 3 nitrogen and oxygen atoms in total. The maximum atomic E-state index is 13.2. The summed E-state index contributed by atoms with van der Waals surface area (Å²) in [7, 11) is 0. The first-order valence-corrected chi connectivity index (χ1v) is 7.73. The molecule has 1 heterocycles. The Bertz CT molecular complexity index is 632. The van der Waals surface area contributed by atoms with Gasteiger partial charge in [-0.3, -0.25) is 4.68 Å². The summed E-state index contributed by atoms with van der Waals surface area (Å²) in [6.45, 7) is 5.11. The van der Waals surface area contributed by atoms with Gasteiger partial charge in [-0.1, -0.05) is 41.7 Å². The van der Waals surface area contributed by atoms with Crippen LogP contribution >= 0.6 is 34.8 Å². The first-order chi connectivity index (χ1) is 9.97. The van der Waals surface area contributed by atoms with Crippen molar-refractivity contribution in [1.82, 2.24) is 9.78 Å². The molecule has 0 saturated heterocycles. The molecule has 2 rings (SSSR count). The molecule has 0 aliphatic heterocycles. The molecule has 2 aromatic rings. The van der Waals surface area contributed by atoms with Gasteiger partial charge in [0.25, 0.3) is 0 Å². The molecule has 0 fully saturated rings. The molecular weight excluding hydrogens is 336 g/mol. The Labute approximate surface area is 138 Å². The highest BCUT2D eigenvalue weighted by atomic mass is 35.5. The van der Waals surface area contributed by atoms with Crippen molar-refractivity contribution in [1.29, 1.82) is 0 Å². The van der Waals surface area contributed by atoms with Crippen LogP contribution in [0.25, 0.3) is 0 Å². The second kappa shape index (κ2) is 6.86.